The van der Waals surface area contributed by atoms with Gasteiger partial charge in [0.2, 0.25) is 0 Å². The van der Waals surface area contributed by atoms with Crippen LogP contribution in [-0.4, -0.2) is 11.6 Å². The number of hydrogen-bond donors (Lipinski definition) is 0. The molecular weight excluding hydrogens is 178 g/mol. The Labute approximate surface area is 82.3 Å². The minimum absolute atomic E-state index is 0.678. The van der Waals surface area contributed by atoms with Crippen molar-refractivity contribution < 1.29 is 9.15 Å². The van der Waals surface area contributed by atoms with Gasteiger partial charge in [-0.15, -0.1) is 0 Å². The first kappa shape index (κ1) is 8.81. The van der Waals surface area contributed by atoms with Crippen molar-refractivity contribution in [1.29, 1.82) is 0 Å². The van der Waals surface area contributed by atoms with Gasteiger partial charge >= 0.3 is 0 Å². The molecule has 0 saturated heterocycles. The normalized spacial score (nSPS) is 10.1. The van der Waals surface area contributed by atoms with Gasteiger partial charge in [-0.2, -0.15) is 0 Å². The molecule has 0 unspecified atom stereocenters. The molecule has 0 atom stereocenters. The Morgan fingerprint density at radius 3 is 2.71 bits per heavy atom. The molecule has 0 amide bonds. The van der Waals surface area contributed by atoms with Crippen LogP contribution in [0.3, 0.4) is 0 Å². The second-order valence-corrected chi connectivity index (χ2v) is 2.78. The van der Waals surface area contributed by atoms with Gasteiger partial charge in [0.05, 0.1) is 6.61 Å². The van der Waals surface area contributed by atoms with Crippen LogP contribution in [-0.2, 0) is 0 Å². The van der Waals surface area contributed by atoms with Crippen molar-refractivity contribution in [3.05, 3.63) is 36.9 Å². The van der Waals surface area contributed by atoms with E-state index in [1.54, 1.807) is 6.26 Å². The maximum Gasteiger partial charge on any atom is 0.284 e. The summed E-state index contributed by atoms with van der Waals surface area (Å²) in [6.07, 6.45) is 3.98. The zero-order valence-corrected chi connectivity index (χ0v) is 7.86. The number of rotatable bonds is 3. The number of hydrogen-bond acceptors (Lipinski definition) is 3. The summed E-state index contributed by atoms with van der Waals surface area (Å²) in [6.45, 7) is 2.64. The molecule has 0 aliphatic rings. The number of benzene rings is 1. The molecule has 1 heterocycles. The van der Waals surface area contributed by atoms with Gasteiger partial charge in [-0.1, -0.05) is 0 Å². The van der Waals surface area contributed by atoms with Gasteiger partial charge in [-0.25, -0.2) is 4.98 Å². The van der Waals surface area contributed by atoms with Gasteiger partial charge in [0.15, 0.2) is 0 Å². The Balaban J connectivity index is 2.22. The van der Waals surface area contributed by atoms with Gasteiger partial charge in [0.25, 0.3) is 6.39 Å². The largest absolute Gasteiger partial charge is 0.494 e. The number of ether oxygens (including phenoxy) is 1. The van der Waals surface area contributed by atoms with E-state index in [1.165, 1.54) is 0 Å². The highest BCUT2D eigenvalue weighted by molar-refractivity contribution is 5.58. The third kappa shape index (κ3) is 1.76. The standard InChI is InChI=1S/C11H10NO2/c1-2-14-10-5-3-9(4-6-10)11-7-13-8-12-11/h3-7H,2H2,1H3. The third-order valence-corrected chi connectivity index (χ3v) is 1.85. The summed E-state index contributed by atoms with van der Waals surface area (Å²) in [5.74, 6) is 0.865. The lowest BCUT2D eigenvalue weighted by Gasteiger charge is -2.02. The summed E-state index contributed by atoms with van der Waals surface area (Å²) in [4.78, 5) is 3.93. The van der Waals surface area contributed by atoms with Gasteiger partial charge in [-0.05, 0) is 31.2 Å². The first-order valence-corrected chi connectivity index (χ1v) is 4.45. The van der Waals surface area contributed by atoms with E-state index >= 15 is 0 Å². The van der Waals surface area contributed by atoms with Crippen LogP contribution in [0.4, 0.5) is 0 Å². The molecule has 3 heteroatoms. The van der Waals surface area contributed by atoms with E-state index < -0.39 is 0 Å². The molecule has 0 N–H and O–H groups in total. The highest BCUT2D eigenvalue weighted by Gasteiger charge is 2.00. The lowest BCUT2D eigenvalue weighted by Crippen LogP contribution is -1.90. The predicted octanol–water partition coefficient (Wildman–Crippen LogP) is 2.54. The molecule has 0 bridgehead atoms. The van der Waals surface area contributed by atoms with E-state index in [-0.39, 0.29) is 0 Å². The molecule has 1 aromatic carbocycles. The lowest BCUT2D eigenvalue weighted by atomic mass is 10.2. The van der Waals surface area contributed by atoms with E-state index in [1.807, 2.05) is 31.2 Å². The lowest BCUT2D eigenvalue weighted by molar-refractivity contribution is 0.340. The third-order valence-electron chi connectivity index (χ3n) is 1.85. The second-order valence-electron chi connectivity index (χ2n) is 2.78. The average molecular weight is 188 g/mol. The fourth-order valence-electron chi connectivity index (χ4n) is 1.21. The topological polar surface area (TPSA) is 35.3 Å². The zero-order chi connectivity index (χ0) is 9.80. The molecule has 0 spiro atoms. The molecule has 0 saturated carbocycles. The zero-order valence-electron chi connectivity index (χ0n) is 7.86. The molecular formula is C11H10NO2. The molecule has 0 aliphatic carbocycles. The van der Waals surface area contributed by atoms with Crippen LogP contribution in [0.15, 0.2) is 34.9 Å². The fraction of sp³-hybridized carbons (Fsp3) is 0.182. The maximum atomic E-state index is 5.33. The quantitative estimate of drug-likeness (QED) is 0.742. The molecule has 0 aliphatic heterocycles. The Bertz CT molecular complexity index is 378. The highest BCUT2D eigenvalue weighted by atomic mass is 16.5. The summed E-state index contributed by atoms with van der Waals surface area (Å²) in [5.41, 5.74) is 1.78. The second kappa shape index (κ2) is 3.96. The summed E-state index contributed by atoms with van der Waals surface area (Å²) in [6, 6.07) is 7.70. The maximum absolute atomic E-state index is 5.33. The Morgan fingerprint density at radius 1 is 1.36 bits per heavy atom. The smallest absolute Gasteiger partial charge is 0.284 e. The first-order chi connectivity index (χ1) is 6.90. The van der Waals surface area contributed by atoms with E-state index in [0.29, 0.717) is 6.61 Å². The predicted molar refractivity (Wildman–Crippen MR) is 51.9 cm³/mol. The van der Waals surface area contributed by atoms with Crippen LogP contribution in [0.25, 0.3) is 11.3 Å². The van der Waals surface area contributed by atoms with Crippen molar-refractivity contribution in [3.8, 4) is 17.0 Å². The van der Waals surface area contributed by atoms with Crippen molar-refractivity contribution in [2.45, 2.75) is 6.92 Å². The number of oxazole rings is 1. The molecule has 2 rings (SSSR count). The first-order valence-electron chi connectivity index (χ1n) is 4.45. The van der Waals surface area contributed by atoms with Crippen LogP contribution in [0.1, 0.15) is 6.92 Å². The van der Waals surface area contributed by atoms with E-state index in [2.05, 4.69) is 11.4 Å². The molecule has 1 radical (unpaired) electrons. The van der Waals surface area contributed by atoms with Crippen molar-refractivity contribution in [2.24, 2.45) is 0 Å². The van der Waals surface area contributed by atoms with Gasteiger partial charge in [0, 0.05) is 5.56 Å². The van der Waals surface area contributed by atoms with Crippen molar-refractivity contribution in [3.63, 3.8) is 0 Å². The van der Waals surface area contributed by atoms with Crippen molar-refractivity contribution >= 4 is 0 Å². The van der Waals surface area contributed by atoms with Crippen LogP contribution in [0.5, 0.6) is 5.75 Å². The molecule has 71 valence electrons. The Hall–Kier alpha value is -1.77. The molecule has 2 aromatic rings. The van der Waals surface area contributed by atoms with E-state index in [0.717, 1.165) is 17.0 Å². The number of aromatic nitrogens is 1. The molecule has 3 nitrogen and oxygen atoms in total. The monoisotopic (exact) mass is 188 g/mol. The van der Waals surface area contributed by atoms with Crippen LogP contribution < -0.4 is 4.74 Å². The van der Waals surface area contributed by atoms with Crippen LogP contribution in [0.2, 0.25) is 0 Å². The Morgan fingerprint density at radius 2 is 2.14 bits per heavy atom. The summed E-state index contributed by atoms with van der Waals surface area (Å²) in [7, 11) is 0. The molecule has 1 aromatic heterocycles. The summed E-state index contributed by atoms with van der Waals surface area (Å²) < 4.78 is 10.1. The SMILES string of the molecule is CCOc1ccc(-c2co[c]n2)cc1. The van der Waals surface area contributed by atoms with Gasteiger partial charge in [-0.3, -0.25) is 0 Å². The van der Waals surface area contributed by atoms with Crippen molar-refractivity contribution in [1.82, 2.24) is 4.98 Å². The highest BCUT2D eigenvalue weighted by Crippen LogP contribution is 2.20. The average Bonchev–Trinajstić information content (AvgIpc) is 2.72. The minimum atomic E-state index is 0.678. The van der Waals surface area contributed by atoms with Crippen LogP contribution in [0, 0.1) is 6.39 Å². The molecule has 0 fully saturated rings. The van der Waals surface area contributed by atoms with Crippen molar-refractivity contribution in [2.75, 3.05) is 6.61 Å². The molecule has 14 heavy (non-hydrogen) atoms. The van der Waals surface area contributed by atoms with E-state index in [9.17, 15) is 0 Å². The number of nitrogens with zero attached hydrogens (tertiary/aromatic N) is 1. The summed E-state index contributed by atoms with van der Waals surface area (Å²) in [5, 5.41) is 0. The summed E-state index contributed by atoms with van der Waals surface area (Å²) >= 11 is 0. The van der Waals surface area contributed by atoms with Crippen LogP contribution >= 0.6 is 0 Å². The Kier molecular flexibility index (Phi) is 2.49. The minimum Gasteiger partial charge on any atom is -0.494 e. The van der Waals surface area contributed by atoms with Gasteiger partial charge < -0.3 is 9.15 Å². The fourth-order valence-corrected chi connectivity index (χ4v) is 1.21. The van der Waals surface area contributed by atoms with Gasteiger partial charge in [0.1, 0.15) is 17.7 Å². The van der Waals surface area contributed by atoms with E-state index in [4.69, 9.17) is 9.15 Å².